The van der Waals surface area contributed by atoms with Crippen LogP contribution in [0.3, 0.4) is 0 Å². The smallest absolute Gasteiger partial charge is 0.326 e. The van der Waals surface area contributed by atoms with Gasteiger partial charge in [0.15, 0.2) is 0 Å². The van der Waals surface area contributed by atoms with Crippen molar-refractivity contribution in [2.75, 3.05) is 40.5 Å². The van der Waals surface area contributed by atoms with Crippen LogP contribution in [-0.2, 0) is 14.3 Å². The van der Waals surface area contributed by atoms with Crippen molar-refractivity contribution in [3.05, 3.63) is 0 Å². The van der Waals surface area contributed by atoms with Crippen LogP contribution in [0, 0.1) is 5.41 Å². The molecule has 7 nitrogen and oxygen atoms in total. The van der Waals surface area contributed by atoms with Gasteiger partial charge in [-0.1, -0.05) is 20.8 Å². The van der Waals surface area contributed by atoms with E-state index < -0.39 is 23.5 Å². The first-order valence-electron chi connectivity index (χ1n) is 6.50. The molecule has 0 rings (SSSR count). The SMILES string of the molecule is COCCN(CCOC)C(=O)N[C@@H](C(=O)O)C(C)(C)C. The maximum atomic E-state index is 12.2. The van der Waals surface area contributed by atoms with E-state index in [-0.39, 0.29) is 0 Å². The topological polar surface area (TPSA) is 88.1 Å². The molecule has 0 aliphatic rings. The summed E-state index contributed by atoms with van der Waals surface area (Å²) >= 11 is 0. The third-order valence-electron chi connectivity index (χ3n) is 2.80. The third-order valence-corrected chi connectivity index (χ3v) is 2.80. The van der Waals surface area contributed by atoms with E-state index in [1.165, 1.54) is 4.90 Å². The van der Waals surface area contributed by atoms with Gasteiger partial charge < -0.3 is 24.8 Å². The Balaban J connectivity index is 4.73. The molecule has 0 saturated carbocycles. The van der Waals surface area contributed by atoms with Crippen LogP contribution in [0.25, 0.3) is 0 Å². The molecule has 0 aromatic rings. The van der Waals surface area contributed by atoms with Gasteiger partial charge in [0.2, 0.25) is 0 Å². The number of ether oxygens (including phenoxy) is 2. The van der Waals surface area contributed by atoms with Crippen LogP contribution >= 0.6 is 0 Å². The number of nitrogens with zero attached hydrogens (tertiary/aromatic N) is 1. The molecule has 7 heteroatoms. The lowest BCUT2D eigenvalue weighted by Gasteiger charge is -2.31. The zero-order valence-corrected chi connectivity index (χ0v) is 12.9. The summed E-state index contributed by atoms with van der Waals surface area (Å²) in [6, 6.07) is -1.39. The van der Waals surface area contributed by atoms with Crippen molar-refractivity contribution < 1.29 is 24.2 Å². The number of aliphatic carboxylic acids is 1. The molecule has 0 aliphatic heterocycles. The quantitative estimate of drug-likeness (QED) is 0.690. The molecule has 0 aromatic heterocycles. The van der Waals surface area contributed by atoms with Gasteiger partial charge in [-0.15, -0.1) is 0 Å². The molecule has 2 N–H and O–H groups in total. The predicted octanol–water partition coefficient (Wildman–Crippen LogP) is 0.790. The maximum Gasteiger partial charge on any atom is 0.326 e. The highest BCUT2D eigenvalue weighted by atomic mass is 16.5. The Kier molecular flexibility index (Phi) is 8.17. The van der Waals surface area contributed by atoms with Crippen LogP contribution in [0.1, 0.15) is 20.8 Å². The Morgan fingerprint density at radius 2 is 1.60 bits per heavy atom. The van der Waals surface area contributed by atoms with Gasteiger partial charge in [0.05, 0.1) is 13.2 Å². The summed E-state index contributed by atoms with van der Waals surface area (Å²) < 4.78 is 9.89. The number of rotatable bonds is 8. The molecule has 0 unspecified atom stereocenters. The molecule has 0 spiro atoms. The fraction of sp³-hybridized carbons (Fsp3) is 0.846. The first kappa shape index (κ1) is 18.7. The lowest BCUT2D eigenvalue weighted by Crippen LogP contribution is -2.54. The van der Waals surface area contributed by atoms with Crippen LogP contribution in [0.4, 0.5) is 4.79 Å². The molecule has 0 aromatic carbocycles. The molecular formula is C13H26N2O5. The number of methoxy groups -OCH3 is 2. The molecule has 0 heterocycles. The van der Waals surface area contributed by atoms with Gasteiger partial charge in [0.25, 0.3) is 0 Å². The van der Waals surface area contributed by atoms with Crippen molar-refractivity contribution in [3.8, 4) is 0 Å². The summed E-state index contributed by atoms with van der Waals surface area (Å²) in [4.78, 5) is 24.9. The number of hydrogen-bond donors (Lipinski definition) is 2. The van der Waals surface area contributed by atoms with Crippen LogP contribution < -0.4 is 5.32 Å². The van der Waals surface area contributed by atoms with E-state index >= 15 is 0 Å². The second kappa shape index (κ2) is 8.76. The minimum atomic E-state index is -1.05. The fourth-order valence-corrected chi connectivity index (χ4v) is 1.58. The highest BCUT2D eigenvalue weighted by Crippen LogP contribution is 2.19. The van der Waals surface area contributed by atoms with Crippen molar-refractivity contribution in [1.29, 1.82) is 0 Å². The Morgan fingerprint density at radius 3 is 1.90 bits per heavy atom. The van der Waals surface area contributed by atoms with E-state index in [1.807, 2.05) is 0 Å². The minimum Gasteiger partial charge on any atom is -0.480 e. The van der Waals surface area contributed by atoms with Gasteiger partial charge in [0.1, 0.15) is 6.04 Å². The zero-order valence-electron chi connectivity index (χ0n) is 12.9. The Labute approximate surface area is 120 Å². The fourth-order valence-electron chi connectivity index (χ4n) is 1.58. The number of carbonyl (C=O) groups is 2. The lowest BCUT2D eigenvalue weighted by molar-refractivity contribution is -0.142. The largest absolute Gasteiger partial charge is 0.480 e. The number of amides is 2. The van der Waals surface area contributed by atoms with Gasteiger partial charge in [-0.25, -0.2) is 9.59 Å². The average Bonchev–Trinajstić information content (AvgIpc) is 2.34. The van der Waals surface area contributed by atoms with Crippen LogP contribution in [0.2, 0.25) is 0 Å². The van der Waals surface area contributed by atoms with Crippen molar-refractivity contribution in [3.63, 3.8) is 0 Å². The summed E-state index contributed by atoms with van der Waals surface area (Å²) in [5.41, 5.74) is -0.574. The second-order valence-corrected chi connectivity index (χ2v) is 5.56. The van der Waals surface area contributed by atoms with E-state index in [0.29, 0.717) is 26.3 Å². The van der Waals surface area contributed by atoms with Gasteiger partial charge in [-0.3, -0.25) is 0 Å². The van der Waals surface area contributed by atoms with Crippen LogP contribution in [0.15, 0.2) is 0 Å². The van der Waals surface area contributed by atoms with E-state index in [2.05, 4.69) is 5.32 Å². The van der Waals surface area contributed by atoms with E-state index in [1.54, 1.807) is 35.0 Å². The normalized spacial score (nSPS) is 12.8. The van der Waals surface area contributed by atoms with Gasteiger partial charge in [0, 0.05) is 27.3 Å². The minimum absolute atomic E-state index is 0.377. The van der Waals surface area contributed by atoms with Crippen molar-refractivity contribution >= 4 is 12.0 Å². The number of urea groups is 1. The number of hydrogen-bond acceptors (Lipinski definition) is 4. The highest BCUT2D eigenvalue weighted by molar-refractivity contribution is 5.83. The molecule has 118 valence electrons. The predicted molar refractivity (Wildman–Crippen MR) is 74.7 cm³/mol. The molecule has 0 saturated heterocycles. The molecule has 0 bridgehead atoms. The van der Waals surface area contributed by atoms with Crippen LogP contribution in [-0.4, -0.2) is 68.6 Å². The monoisotopic (exact) mass is 290 g/mol. The second-order valence-electron chi connectivity index (χ2n) is 5.56. The number of carboxylic acid groups (broad SMARTS) is 1. The summed E-state index contributed by atoms with van der Waals surface area (Å²) in [6.07, 6.45) is 0. The summed E-state index contributed by atoms with van der Waals surface area (Å²) in [6.45, 7) is 6.81. The Bertz CT molecular complexity index is 306. The Hall–Kier alpha value is -1.34. The van der Waals surface area contributed by atoms with E-state index in [9.17, 15) is 14.7 Å². The molecule has 0 aliphatic carbocycles. The van der Waals surface area contributed by atoms with Gasteiger partial charge in [-0.2, -0.15) is 0 Å². The van der Waals surface area contributed by atoms with Crippen LogP contribution in [0.5, 0.6) is 0 Å². The number of carbonyl (C=O) groups excluding carboxylic acids is 1. The summed E-state index contributed by atoms with van der Waals surface area (Å²) in [7, 11) is 3.09. The summed E-state index contributed by atoms with van der Waals surface area (Å²) in [5, 5.41) is 11.8. The van der Waals surface area contributed by atoms with Gasteiger partial charge >= 0.3 is 12.0 Å². The molecule has 20 heavy (non-hydrogen) atoms. The van der Waals surface area contributed by atoms with Crippen molar-refractivity contribution in [2.24, 2.45) is 5.41 Å². The van der Waals surface area contributed by atoms with Crippen molar-refractivity contribution in [2.45, 2.75) is 26.8 Å². The molecule has 2 amide bonds. The van der Waals surface area contributed by atoms with Crippen molar-refractivity contribution in [1.82, 2.24) is 10.2 Å². The summed E-state index contributed by atoms with van der Waals surface area (Å²) in [5.74, 6) is -1.05. The highest BCUT2D eigenvalue weighted by Gasteiger charge is 2.33. The Morgan fingerprint density at radius 1 is 1.15 bits per heavy atom. The first-order chi connectivity index (χ1) is 9.23. The first-order valence-corrected chi connectivity index (χ1v) is 6.50. The average molecular weight is 290 g/mol. The standard InChI is InChI=1S/C13H26N2O5/c1-13(2,3)10(11(16)17)14-12(18)15(6-8-19-4)7-9-20-5/h10H,6-9H2,1-5H3,(H,14,18)(H,16,17)/t10-/m0/s1. The van der Waals surface area contributed by atoms with E-state index in [4.69, 9.17) is 9.47 Å². The van der Waals surface area contributed by atoms with E-state index in [0.717, 1.165) is 0 Å². The molecule has 0 radical (unpaired) electrons. The zero-order chi connectivity index (χ0) is 15.8. The maximum absolute atomic E-state index is 12.2. The lowest BCUT2D eigenvalue weighted by atomic mass is 9.87. The number of carboxylic acids is 1. The molecule has 0 fully saturated rings. The number of nitrogens with one attached hydrogen (secondary N) is 1. The molecule has 1 atom stereocenters. The third kappa shape index (κ3) is 6.72. The molecular weight excluding hydrogens is 264 g/mol. The van der Waals surface area contributed by atoms with Gasteiger partial charge in [-0.05, 0) is 5.41 Å².